The van der Waals surface area contributed by atoms with E-state index >= 15 is 0 Å². The van der Waals surface area contributed by atoms with Crippen molar-refractivity contribution in [2.24, 2.45) is 11.8 Å². The average molecular weight is 197 g/mol. The lowest BCUT2D eigenvalue weighted by molar-refractivity contribution is 0.329. The van der Waals surface area contributed by atoms with Gasteiger partial charge in [-0.25, -0.2) is 0 Å². The first-order valence-corrected chi connectivity index (χ1v) is 6.47. The summed E-state index contributed by atoms with van der Waals surface area (Å²) < 4.78 is 0. The summed E-state index contributed by atoms with van der Waals surface area (Å²) in [7, 11) is 0. The van der Waals surface area contributed by atoms with Crippen LogP contribution in [0.2, 0.25) is 0 Å². The second kappa shape index (κ2) is 6.44. The predicted octanol–water partition coefficient (Wildman–Crippen LogP) is 3.59. The Hall–Kier alpha value is -0.0400. The van der Waals surface area contributed by atoms with E-state index in [1.807, 2.05) is 0 Å². The quantitative estimate of drug-likeness (QED) is 0.586. The van der Waals surface area contributed by atoms with Gasteiger partial charge in [-0.3, -0.25) is 0 Å². The Morgan fingerprint density at radius 1 is 1.21 bits per heavy atom. The second-order valence-electron chi connectivity index (χ2n) is 5.18. The van der Waals surface area contributed by atoms with Crippen LogP contribution < -0.4 is 5.32 Å². The largest absolute Gasteiger partial charge is 0.314 e. The van der Waals surface area contributed by atoms with Gasteiger partial charge < -0.3 is 5.32 Å². The fourth-order valence-corrected chi connectivity index (χ4v) is 1.93. The molecule has 0 bridgehead atoms. The van der Waals surface area contributed by atoms with Crippen LogP contribution in [0, 0.1) is 11.8 Å². The summed E-state index contributed by atoms with van der Waals surface area (Å²) in [6, 6.07) is 0.877. The second-order valence-corrected chi connectivity index (χ2v) is 5.18. The molecule has 1 nitrogen and oxygen atoms in total. The van der Waals surface area contributed by atoms with Crippen molar-refractivity contribution in [3.05, 3.63) is 0 Å². The summed E-state index contributed by atoms with van der Waals surface area (Å²) in [5.41, 5.74) is 0. The highest BCUT2D eigenvalue weighted by molar-refractivity contribution is 4.82. The molecule has 0 amide bonds. The van der Waals surface area contributed by atoms with Gasteiger partial charge in [-0.05, 0) is 37.6 Å². The molecule has 1 heteroatoms. The van der Waals surface area contributed by atoms with E-state index in [-0.39, 0.29) is 0 Å². The van der Waals surface area contributed by atoms with Gasteiger partial charge in [0.25, 0.3) is 0 Å². The summed E-state index contributed by atoms with van der Waals surface area (Å²) >= 11 is 0. The molecule has 1 aliphatic carbocycles. The molecule has 1 unspecified atom stereocenters. The van der Waals surface area contributed by atoms with E-state index in [9.17, 15) is 0 Å². The third-order valence-corrected chi connectivity index (χ3v) is 3.37. The average Bonchev–Trinajstić information content (AvgIpc) is 2.94. The standard InChI is InChI=1S/C13H27N/c1-4-5-6-7-12(11(2)3)10-14-13-8-9-13/h11-14H,4-10H2,1-3H3. The molecular weight excluding hydrogens is 170 g/mol. The van der Waals surface area contributed by atoms with Crippen LogP contribution in [0.25, 0.3) is 0 Å². The topological polar surface area (TPSA) is 12.0 Å². The number of nitrogens with one attached hydrogen (secondary N) is 1. The van der Waals surface area contributed by atoms with Crippen LogP contribution in [-0.2, 0) is 0 Å². The van der Waals surface area contributed by atoms with Crippen LogP contribution in [0.15, 0.2) is 0 Å². The zero-order valence-electron chi connectivity index (χ0n) is 10.2. The van der Waals surface area contributed by atoms with Crippen molar-refractivity contribution >= 4 is 0 Å². The van der Waals surface area contributed by atoms with Crippen molar-refractivity contribution < 1.29 is 0 Å². The van der Waals surface area contributed by atoms with E-state index in [0.717, 1.165) is 17.9 Å². The molecule has 0 radical (unpaired) electrons. The predicted molar refractivity (Wildman–Crippen MR) is 63.5 cm³/mol. The molecule has 0 aromatic carbocycles. The summed E-state index contributed by atoms with van der Waals surface area (Å²) in [4.78, 5) is 0. The van der Waals surface area contributed by atoms with Gasteiger partial charge in [-0.1, -0.05) is 40.0 Å². The van der Waals surface area contributed by atoms with Crippen LogP contribution in [-0.4, -0.2) is 12.6 Å². The smallest absolute Gasteiger partial charge is 0.00683 e. The van der Waals surface area contributed by atoms with Crippen molar-refractivity contribution in [2.45, 2.75) is 65.3 Å². The maximum atomic E-state index is 3.66. The van der Waals surface area contributed by atoms with E-state index in [0.29, 0.717) is 0 Å². The summed E-state index contributed by atoms with van der Waals surface area (Å²) in [5, 5.41) is 3.66. The van der Waals surface area contributed by atoms with Gasteiger partial charge in [0.1, 0.15) is 0 Å². The Morgan fingerprint density at radius 3 is 2.43 bits per heavy atom. The third-order valence-electron chi connectivity index (χ3n) is 3.37. The van der Waals surface area contributed by atoms with Crippen LogP contribution in [0.1, 0.15) is 59.3 Å². The summed E-state index contributed by atoms with van der Waals surface area (Å²) in [6.45, 7) is 8.27. The lowest BCUT2D eigenvalue weighted by Crippen LogP contribution is -2.27. The molecule has 1 N–H and O–H groups in total. The monoisotopic (exact) mass is 197 g/mol. The highest BCUT2D eigenvalue weighted by atomic mass is 14.9. The fraction of sp³-hybridized carbons (Fsp3) is 1.00. The number of hydrogen-bond donors (Lipinski definition) is 1. The SMILES string of the molecule is CCCCCC(CNC1CC1)C(C)C. The lowest BCUT2D eigenvalue weighted by Gasteiger charge is -2.21. The Kier molecular flexibility index (Phi) is 5.54. The molecule has 1 rings (SSSR count). The van der Waals surface area contributed by atoms with Gasteiger partial charge in [0, 0.05) is 6.04 Å². The molecule has 1 fully saturated rings. The zero-order valence-corrected chi connectivity index (χ0v) is 10.2. The lowest BCUT2D eigenvalue weighted by atomic mass is 9.90. The van der Waals surface area contributed by atoms with Gasteiger partial charge in [0.05, 0.1) is 0 Å². The minimum atomic E-state index is 0.845. The molecule has 0 aromatic heterocycles. The molecular formula is C13H27N. The minimum Gasteiger partial charge on any atom is -0.314 e. The van der Waals surface area contributed by atoms with E-state index in [1.54, 1.807) is 0 Å². The van der Waals surface area contributed by atoms with Crippen molar-refractivity contribution in [1.29, 1.82) is 0 Å². The number of rotatable bonds is 8. The summed E-state index contributed by atoms with van der Waals surface area (Å²) in [6.07, 6.45) is 8.43. The first-order valence-electron chi connectivity index (χ1n) is 6.47. The molecule has 84 valence electrons. The number of hydrogen-bond acceptors (Lipinski definition) is 1. The zero-order chi connectivity index (χ0) is 10.4. The van der Waals surface area contributed by atoms with Crippen molar-refractivity contribution in [2.75, 3.05) is 6.54 Å². The van der Waals surface area contributed by atoms with Gasteiger partial charge >= 0.3 is 0 Å². The minimum absolute atomic E-state index is 0.845. The first kappa shape index (κ1) is 12.0. The van der Waals surface area contributed by atoms with Gasteiger partial charge in [-0.15, -0.1) is 0 Å². The number of unbranched alkanes of at least 4 members (excludes halogenated alkanes) is 2. The van der Waals surface area contributed by atoms with E-state index in [4.69, 9.17) is 0 Å². The van der Waals surface area contributed by atoms with E-state index in [2.05, 4.69) is 26.1 Å². The Balaban J connectivity index is 2.09. The maximum absolute atomic E-state index is 3.66. The third kappa shape index (κ3) is 4.99. The molecule has 1 atom stereocenters. The molecule has 0 aliphatic heterocycles. The van der Waals surface area contributed by atoms with Crippen LogP contribution in [0.3, 0.4) is 0 Å². The molecule has 0 saturated heterocycles. The highest BCUT2D eigenvalue weighted by Gasteiger charge is 2.22. The maximum Gasteiger partial charge on any atom is 0.00683 e. The molecule has 1 saturated carbocycles. The van der Waals surface area contributed by atoms with Crippen molar-refractivity contribution in [3.8, 4) is 0 Å². The van der Waals surface area contributed by atoms with Crippen molar-refractivity contribution in [1.82, 2.24) is 5.32 Å². The van der Waals surface area contributed by atoms with Crippen LogP contribution in [0.4, 0.5) is 0 Å². The molecule has 0 heterocycles. The van der Waals surface area contributed by atoms with E-state index < -0.39 is 0 Å². The fourth-order valence-electron chi connectivity index (χ4n) is 1.93. The first-order chi connectivity index (χ1) is 6.74. The highest BCUT2D eigenvalue weighted by Crippen LogP contribution is 2.22. The van der Waals surface area contributed by atoms with Crippen LogP contribution >= 0.6 is 0 Å². The van der Waals surface area contributed by atoms with Gasteiger partial charge in [0.15, 0.2) is 0 Å². The summed E-state index contributed by atoms with van der Waals surface area (Å²) in [5.74, 6) is 1.75. The molecule has 0 aromatic rings. The van der Waals surface area contributed by atoms with Crippen molar-refractivity contribution in [3.63, 3.8) is 0 Å². The Labute approximate surface area is 89.7 Å². The Bertz CT molecular complexity index is 138. The van der Waals surface area contributed by atoms with Gasteiger partial charge in [0.2, 0.25) is 0 Å². The van der Waals surface area contributed by atoms with Crippen LogP contribution in [0.5, 0.6) is 0 Å². The normalized spacial score (nSPS) is 18.9. The molecule has 14 heavy (non-hydrogen) atoms. The molecule has 0 spiro atoms. The Morgan fingerprint density at radius 2 is 1.93 bits per heavy atom. The molecule has 1 aliphatic rings. The van der Waals surface area contributed by atoms with E-state index in [1.165, 1.54) is 45.1 Å². The van der Waals surface area contributed by atoms with Gasteiger partial charge in [-0.2, -0.15) is 0 Å².